The third-order valence-electron chi connectivity index (χ3n) is 6.63. The van der Waals surface area contributed by atoms with Crippen molar-refractivity contribution in [3.8, 4) is 17.5 Å². The van der Waals surface area contributed by atoms with Gasteiger partial charge < -0.3 is 14.6 Å². The van der Waals surface area contributed by atoms with Gasteiger partial charge in [0.2, 0.25) is 0 Å². The van der Waals surface area contributed by atoms with E-state index in [2.05, 4.69) is 33.3 Å². The maximum absolute atomic E-state index is 9.56. The van der Waals surface area contributed by atoms with Gasteiger partial charge in [-0.2, -0.15) is 5.26 Å². The molecule has 1 saturated heterocycles. The van der Waals surface area contributed by atoms with Crippen LogP contribution in [0.25, 0.3) is 27.4 Å². The molecule has 1 saturated carbocycles. The zero-order valence-corrected chi connectivity index (χ0v) is 18.2. The van der Waals surface area contributed by atoms with Crippen LogP contribution in [-0.4, -0.2) is 50.5 Å². The second-order valence-electron chi connectivity index (χ2n) is 8.61. The van der Waals surface area contributed by atoms with Gasteiger partial charge in [0, 0.05) is 31.0 Å². The summed E-state index contributed by atoms with van der Waals surface area (Å²) in [5, 5.41) is 14.1. The van der Waals surface area contributed by atoms with Crippen molar-refractivity contribution in [2.24, 2.45) is 11.8 Å². The molecule has 4 aromatic rings. The van der Waals surface area contributed by atoms with Crippen molar-refractivity contribution in [1.82, 2.24) is 29.7 Å². The second-order valence-corrected chi connectivity index (χ2v) is 9.56. The van der Waals surface area contributed by atoms with E-state index < -0.39 is 0 Å². The van der Waals surface area contributed by atoms with Crippen LogP contribution in [0.15, 0.2) is 24.7 Å². The fraction of sp³-hybridized carbons (Fsp3) is 0.409. The molecule has 0 amide bonds. The summed E-state index contributed by atoms with van der Waals surface area (Å²) in [4.78, 5) is 21.9. The molecule has 0 aromatic carbocycles. The number of hydrogen-bond donors (Lipinski definition) is 1. The molecule has 1 N–H and O–H groups in total. The van der Waals surface area contributed by atoms with E-state index in [1.807, 2.05) is 29.8 Å². The summed E-state index contributed by atoms with van der Waals surface area (Å²) in [5.74, 6) is 1.97. The first-order chi connectivity index (χ1) is 15.1. The molecule has 5 heterocycles. The van der Waals surface area contributed by atoms with Gasteiger partial charge in [-0.15, -0.1) is 0 Å². The molecule has 9 heteroatoms. The summed E-state index contributed by atoms with van der Waals surface area (Å²) in [6.45, 7) is 4.11. The van der Waals surface area contributed by atoms with Crippen molar-refractivity contribution >= 4 is 32.5 Å². The molecule has 4 aromatic heterocycles. The highest BCUT2D eigenvalue weighted by Crippen LogP contribution is 2.40. The first-order valence-electron chi connectivity index (χ1n) is 10.6. The largest absolute Gasteiger partial charge is 0.347 e. The van der Waals surface area contributed by atoms with Gasteiger partial charge in [-0.05, 0) is 50.8 Å². The van der Waals surface area contributed by atoms with Crippen LogP contribution in [0.3, 0.4) is 0 Å². The molecule has 3 atom stereocenters. The minimum atomic E-state index is 0.514. The Hall–Kier alpha value is -3.09. The van der Waals surface area contributed by atoms with Crippen molar-refractivity contribution in [2.75, 3.05) is 25.0 Å². The van der Waals surface area contributed by atoms with Crippen LogP contribution in [0.5, 0.6) is 0 Å². The van der Waals surface area contributed by atoms with Gasteiger partial charge in [0.05, 0.1) is 17.5 Å². The maximum Gasteiger partial charge on any atom is 0.188 e. The molecular formula is C22H22N8S. The standard InChI is InChI=1S/C22H22N8S/c1-12-10-30-11-16(5-15(6-23)20(30)26-12)19-25-9-17-21(28-19)31-22(27-17)29(2)18-13-3-4-14(18)8-24-7-13/h5,9-11,13-14,18,24H,3-4,7-8H2,1-2H3/t13-,14+,18?. The summed E-state index contributed by atoms with van der Waals surface area (Å²) in [6.07, 6.45) is 8.21. The number of nitrogens with zero attached hydrogens (tertiary/aromatic N) is 7. The van der Waals surface area contributed by atoms with Gasteiger partial charge in [0.15, 0.2) is 16.6 Å². The zero-order valence-electron chi connectivity index (χ0n) is 17.4. The molecule has 0 radical (unpaired) electrons. The Morgan fingerprint density at radius 1 is 1.19 bits per heavy atom. The SMILES string of the molecule is Cc1cn2cc(-c3ncc4nc(N(C)C5[C@@H]6CC[C@H]5CNC6)sc4n3)cc(C#N)c2n1. The third-order valence-corrected chi connectivity index (χ3v) is 7.68. The van der Waals surface area contributed by atoms with Crippen LogP contribution in [0.4, 0.5) is 5.13 Å². The van der Waals surface area contributed by atoms with Crippen molar-refractivity contribution in [2.45, 2.75) is 25.8 Å². The minimum Gasteiger partial charge on any atom is -0.347 e. The van der Waals surface area contributed by atoms with E-state index in [1.165, 1.54) is 12.8 Å². The van der Waals surface area contributed by atoms with E-state index in [-0.39, 0.29) is 0 Å². The monoisotopic (exact) mass is 430 g/mol. The lowest BCUT2D eigenvalue weighted by Gasteiger charge is -2.37. The Morgan fingerprint density at radius 2 is 2.00 bits per heavy atom. The molecule has 31 heavy (non-hydrogen) atoms. The fourth-order valence-electron chi connectivity index (χ4n) is 5.25. The number of rotatable bonds is 3. The summed E-state index contributed by atoms with van der Waals surface area (Å²) < 4.78 is 1.87. The Labute approximate surface area is 183 Å². The highest BCUT2D eigenvalue weighted by atomic mass is 32.1. The maximum atomic E-state index is 9.56. The Kier molecular flexibility index (Phi) is 4.20. The Bertz CT molecular complexity index is 1330. The van der Waals surface area contributed by atoms with Crippen LogP contribution in [0, 0.1) is 30.1 Å². The van der Waals surface area contributed by atoms with E-state index in [9.17, 15) is 5.26 Å². The van der Waals surface area contributed by atoms with Crippen molar-refractivity contribution in [1.29, 1.82) is 5.26 Å². The molecule has 1 aliphatic heterocycles. The second kappa shape index (κ2) is 6.97. The summed E-state index contributed by atoms with van der Waals surface area (Å²) in [5.41, 5.74) is 3.65. The smallest absolute Gasteiger partial charge is 0.188 e. The fourth-order valence-corrected chi connectivity index (χ4v) is 6.17. The average molecular weight is 431 g/mol. The average Bonchev–Trinajstić information content (AvgIpc) is 3.44. The molecule has 2 bridgehead atoms. The number of aromatic nitrogens is 5. The highest BCUT2D eigenvalue weighted by Gasteiger charge is 2.42. The first-order valence-corrected chi connectivity index (χ1v) is 11.4. The van der Waals surface area contributed by atoms with Gasteiger partial charge in [0.1, 0.15) is 16.4 Å². The number of pyridine rings is 1. The lowest BCUT2D eigenvalue weighted by Crippen LogP contribution is -2.50. The first kappa shape index (κ1) is 18.7. The van der Waals surface area contributed by atoms with Gasteiger partial charge in [0.25, 0.3) is 0 Å². The van der Waals surface area contributed by atoms with Crippen LogP contribution in [0.1, 0.15) is 24.1 Å². The van der Waals surface area contributed by atoms with E-state index in [1.54, 1.807) is 17.5 Å². The molecule has 2 aliphatic rings. The molecule has 156 valence electrons. The predicted octanol–water partition coefficient (Wildman–Crippen LogP) is 3.02. The highest BCUT2D eigenvalue weighted by molar-refractivity contribution is 7.21. The van der Waals surface area contributed by atoms with Gasteiger partial charge in [-0.25, -0.2) is 19.9 Å². The Balaban J connectivity index is 1.38. The molecule has 1 aliphatic carbocycles. The van der Waals surface area contributed by atoms with Gasteiger partial charge in [-0.3, -0.25) is 0 Å². The normalized spacial score (nSPS) is 22.8. The number of piperidine rings is 1. The summed E-state index contributed by atoms with van der Waals surface area (Å²) in [6, 6.07) is 4.59. The lowest BCUT2D eigenvalue weighted by atomic mass is 9.93. The number of nitriles is 1. The van der Waals surface area contributed by atoms with Crippen LogP contribution < -0.4 is 10.2 Å². The van der Waals surface area contributed by atoms with Gasteiger partial charge in [-0.1, -0.05) is 11.3 Å². The molecule has 1 unspecified atom stereocenters. The molecule has 8 nitrogen and oxygen atoms in total. The number of aryl methyl sites for hydroxylation is 1. The lowest BCUT2D eigenvalue weighted by molar-refractivity contribution is 0.314. The number of fused-ring (bicyclic) bond motifs is 4. The van der Waals surface area contributed by atoms with Crippen molar-refractivity contribution < 1.29 is 0 Å². The van der Waals surface area contributed by atoms with Crippen molar-refractivity contribution in [3.05, 3.63) is 35.9 Å². The molecule has 2 fully saturated rings. The minimum absolute atomic E-state index is 0.514. The topological polar surface area (TPSA) is 95.0 Å². The number of nitrogens with one attached hydrogen (secondary N) is 1. The summed E-state index contributed by atoms with van der Waals surface area (Å²) >= 11 is 1.62. The van der Waals surface area contributed by atoms with Gasteiger partial charge >= 0.3 is 0 Å². The van der Waals surface area contributed by atoms with Crippen LogP contribution >= 0.6 is 11.3 Å². The van der Waals surface area contributed by atoms with Crippen LogP contribution in [-0.2, 0) is 0 Å². The van der Waals surface area contributed by atoms with E-state index >= 15 is 0 Å². The van der Waals surface area contributed by atoms with E-state index in [0.717, 1.165) is 39.8 Å². The quantitative estimate of drug-likeness (QED) is 0.534. The van der Waals surface area contributed by atoms with E-state index in [0.29, 0.717) is 34.9 Å². The Morgan fingerprint density at radius 3 is 2.77 bits per heavy atom. The number of anilines is 1. The predicted molar refractivity (Wildman–Crippen MR) is 120 cm³/mol. The molecular weight excluding hydrogens is 408 g/mol. The molecule has 0 spiro atoms. The number of hydrogen-bond acceptors (Lipinski definition) is 8. The number of thiazole rings is 1. The third kappa shape index (κ3) is 2.98. The summed E-state index contributed by atoms with van der Waals surface area (Å²) in [7, 11) is 2.17. The van der Waals surface area contributed by atoms with E-state index in [4.69, 9.17) is 9.97 Å². The zero-order chi connectivity index (χ0) is 21.1. The molecule has 6 rings (SSSR count). The van der Waals surface area contributed by atoms with Crippen LogP contribution in [0.2, 0.25) is 0 Å². The van der Waals surface area contributed by atoms with Crippen molar-refractivity contribution in [3.63, 3.8) is 0 Å². The number of imidazole rings is 1.